The highest BCUT2D eigenvalue weighted by atomic mass is 16.4. The summed E-state index contributed by atoms with van der Waals surface area (Å²) in [5, 5.41) is 11.6. The van der Waals surface area contributed by atoms with Crippen LogP contribution in [0.5, 0.6) is 0 Å². The third-order valence-electron chi connectivity index (χ3n) is 1.94. The standard InChI is InChI=1S/C7H7NO2/c9-6(10)7-3-1-5(8-7)2-4-7/h1-3,8H,4H2,(H,9,10). The first-order valence-corrected chi connectivity index (χ1v) is 3.14. The number of carboxylic acids is 1. The Bertz CT molecular complexity index is 254. The smallest absolute Gasteiger partial charge is 0.333 e. The van der Waals surface area contributed by atoms with Gasteiger partial charge in [-0.25, -0.2) is 4.79 Å². The molecule has 3 nitrogen and oxygen atoms in total. The van der Waals surface area contributed by atoms with E-state index in [1.54, 1.807) is 12.2 Å². The lowest BCUT2D eigenvalue weighted by molar-refractivity contribution is -0.141. The first kappa shape index (κ1) is 5.53. The molecule has 0 aromatic carbocycles. The highest BCUT2D eigenvalue weighted by molar-refractivity contribution is 5.84. The molecule has 10 heavy (non-hydrogen) atoms. The van der Waals surface area contributed by atoms with Crippen molar-refractivity contribution in [2.45, 2.75) is 12.0 Å². The van der Waals surface area contributed by atoms with Gasteiger partial charge in [0.25, 0.3) is 0 Å². The van der Waals surface area contributed by atoms with Crippen LogP contribution in [0.1, 0.15) is 6.42 Å². The maximum absolute atomic E-state index is 10.6. The van der Waals surface area contributed by atoms with Crippen LogP contribution in [-0.4, -0.2) is 16.6 Å². The van der Waals surface area contributed by atoms with Gasteiger partial charge >= 0.3 is 5.97 Å². The van der Waals surface area contributed by atoms with Crippen LogP contribution in [0.3, 0.4) is 0 Å². The van der Waals surface area contributed by atoms with Crippen LogP contribution in [0.4, 0.5) is 0 Å². The van der Waals surface area contributed by atoms with Gasteiger partial charge in [0, 0.05) is 12.1 Å². The minimum Gasteiger partial charge on any atom is -0.479 e. The second kappa shape index (κ2) is 1.42. The van der Waals surface area contributed by atoms with Crippen molar-refractivity contribution in [3.05, 3.63) is 23.9 Å². The quantitative estimate of drug-likeness (QED) is 0.545. The van der Waals surface area contributed by atoms with E-state index in [0.29, 0.717) is 6.42 Å². The lowest BCUT2D eigenvalue weighted by atomic mass is 9.97. The minimum absolute atomic E-state index is 0.578. The van der Waals surface area contributed by atoms with Crippen molar-refractivity contribution in [3.63, 3.8) is 0 Å². The summed E-state index contributed by atoms with van der Waals surface area (Å²) in [7, 11) is 0. The molecule has 2 heterocycles. The van der Waals surface area contributed by atoms with Crippen LogP contribution in [-0.2, 0) is 4.79 Å². The molecule has 0 saturated carbocycles. The van der Waals surface area contributed by atoms with E-state index in [4.69, 9.17) is 5.11 Å². The number of hydrogen-bond donors (Lipinski definition) is 2. The number of hydrogen-bond acceptors (Lipinski definition) is 2. The maximum atomic E-state index is 10.6. The van der Waals surface area contributed by atoms with Crippen LogP contribution in [0.15, 0.2) is 23.9 Å². The Labute approximate surface area is 58.0 Å². The van der Waals surface area contributed by atoms with Crippen molar-refractivity contribution in [1.82, 2.24) is 5.32 Å². The first-order valence-electron chi connectivity index (χ1n) is 3.14. The molecule has 0 spiro atoms. The monoisotopic (exact) mass is 137 g/mol. The van der Waals surface area contributed by atoms with Gasteiger partial charge in [0.05, 0.1) is 0 Å². The largest absolute Gasteiger partial charge is 0.479 e. The van der Waals surface area contributed by atoms with E-state index >= 15 is 0 Å². The van der Waals surface area contributed by atoms with Gasteiger partial charge in [-0.3, -0.25) is 0 Å². The van der Waals surface area contributed by atoms with Crippen LogP contribution < -0.4 is 5.32 Å². The van der Waals surface area contributed by atoms with Gasteiger partial charge in [-0.1, -0.05) is 6.08 Å². The van der Waals surface area contributed by atoms with E-state index in [2.05, 4.69) is 5.32 Å². The summed E-state index contributed by atoms with van der Waals surface area (Å²) < 4.78 is 0. The van der Waals surface area contributed by atoms with Gasteiger partial charge in [-0.2, -0.15) is 0 Å². The molecule has 0 aliphatic carbocycles. The summed E-state index contributed by atoms with van der Waals surface area (Å²) in [6, 6.07) is 0. The summed E-state index contributed by atoms with van der Waals surface area (Å²) in [4.78, 5) is 10.6. The minimum atomic E-state index is -0.799. The molecule has 52 valence electrons. The Balaban J connectivity index is 2.38. The fraction of sp³-hybridized carbons (Fsp3) is 0.286. The van der Waals surface area contributed by atoms with Gasteiger partial charge in [0.2, 0.25) is 0 Å². The van der Waals surface area contributed by atoms with Crippen molar-refractivity contribution in [3.8, 4) is 0 Å². The molecule has 2 bridgehead atoms. The fourth-order valence-electron chi connectivity index (χ4n) is 1.29. The number of allylic oxidation sites excluding steroid dienone is 1. The fourth-order valence-corrected chi connectivity index (χ4v) is 1.29. The Morgan fingerprint density at radius 1 is 1.80 bits per heavy atom. The van der Waals surface area contributed by atoms with Crippen LogP contribution in [0, 0.1) is 0 Å². The molecular weight excluding hydrogens is 130 g/mol. The zero-order valence-electron chi connectivity index (χ0n) is 5.29. The van der Waals surface area contributed by atoms with Gasteiger partial charge in [0.1, 0.15) is 0 Å². The Morgan fingerprint density at radius 2 is 2.60 bits per heavy atom. The summed E-state index contributed by atoms with van der Waals surface area (Å²) in [5.74, 6) is -0.799. The summed E-state index contributed by atoms with van der Waals surface area (Å²) >= 11 is 0. The van der Waals surface area contributed by atoms with Crippen LogP contribution >= 0.6 is 0 Å². The molecule has 0 amide bonds. The van der Waals surface area contributed by atoms with E-state index in [1.807, 2.05) is 6.08 Å². The van der Waals surface area contributed by atoms with E-state index in [1.165, 1.54) is 0 Å². The molecule has 0 saturated heterocycles. The van der Waals surface area contributed by atoms with E-state index in [9.17, 15) is 4.79 Å². The molecule has 1 unspecified atom stereocenters. The molecule has 0 radical (unpaired) electrons. The Morgan fingerprint density at radius 3 is 2.80 bits per heavy atom. The third kappa shape index (κ3) is 0.472. The van der Waals surface area contributed by atoms with Crippen LogP contribution in [0.2, 0.25) is 0 Å². The molecular formula is C7H7NO2. The molecule has 2 aliphatic rings. The predicted octanol–water partition coefficient (Wildman–Crippen LogP) is 0.257. The van der Waals surface area contributed by atoms with Crippen molar-refractivity contribution >= 4 is 5.97 Å². The Kier molecular flexibility index (Phi) is 0.787. The van der Waals surface area contributed by atoms with E-state index in [-0.39, 0.29) is 0 Å². The van der Waals surface area contributed by atoms with Crippen molar-refractivity contribution in [2.75, 3.05) is 0 Å². The molecule has 2 rings (SSSR count). The van der Waals surface area contributed by atoms with Gasteiger partial charge in [-0.05, 0) is 12.2 Å². The van der Waals surface area contributed by atoms with Gasteiger partial charge in [0.15, 0.2) is 5.54 Å². The zero-order chi connectivity index (χ0) is 7.19. The second-order valence-corrected chi connectivity index (χ2v) is 2.60. The normalized spacial score (nSPS) is 33.8. The molecule has 2 N–H and O–H groups in total. The van der Waals surface area contributed by atoms with Crippen LogP contribution in [0.25, 0.3) is 0 Å². The van der Waals surface area contributed by atoms with Crippen molar-refractivity contribution in [2.24, 2.45) is 0 Å². The highest BCUT2D eigenvalue weighted by Gasteiger charge is 2.41. The van der Waals surface area contributed by atoms with Crippen molar-refractivity contribution < 1.29 is 9.90 Å². The van der Waals surface area contributed by atoms with E-state index in [0.717, 1.165) is 5.70 Å². The molecule has 0 fully saturated rings. The molecule has 3 heteroatoms. The number of nitrogens with one attached hydrogen (secondary N) is 1. The number of fused-ring (bicyclic) bond motifs is 2. The van der Waals surface area contributed by atoms with Crippen molar-refractivity contribution in [1.29, 1.82) is 0 Å². The maximum Gasteiger partial charge on any atom is 0.333 e. The number of aliphatic carboxylic acids is 1. The molecule has 0 aromatic heterocycles. The average Bonchev–Trinajstić information content (AvgIpc) is 2.45. The highest BCUT2D eigenvalue weighted by Crippen LogP contribution is 2.29. The van der Waals surface area contributed by atoms with Gasteiger partial charge < -0.3 is 10.4 Å². The van der Waals surface area contributed by atoms with Gasteiger partial charge in [-0.15, -0.1) is 0 Å². The average molecular weight is 137 g/mol. The lowest BCUT2D eigenvalue weighted by Crippen LogP contribution is -2.43. The van der Waals surface area contributed by atoms with E-state index < -0.39 is 11.5 Å². The molecule has 2 aliphatic heterocycles. The zero-order valence-corrected chi connectivity index (χ0v) is 5.29. The summed E-state index contributed by atoms with van der Waals surface area (Å²) in [5.41, 5.74) is 0.136. The SMILES string of the molecule is O=C(O)C12C=CC(=CC1)N2. The third-order valence-corrected chi connectivity index (χ3v) is 1.94. The topological polar surface area (TPSA) is 49.3 Å². The lowest BCUT2D eigenvalue weighted by Gasteiger charge is -2.16. The molecule has 0 aromatic rings. The number of rotatable bonds is 1. The summed E-state index contributed by atoms with van der Waals surface area (Å²) in [6.45, 7) is 0. The number of carbonyl (C=O) groups is 1. The first-order chi connectivity index (χ1) is 4.73. The Hall–Kier alpha value is -1.25. The second-order valence-electron chi connectivity index (χ2n) is 2.60. The number of carboxylic acid groups (broad SMARTS) is 1. The molecule has 1 atom stereocenters. The predicted molar refractivity (Wildman–Crippen MR) is 35.3 cm³/mol. The summed E-state index contributed by atoms with van der Waals surface area (Å²) in [6.07, 6.45) is 5.98.